The molecule has 1 saturated heterocycles. The van der Waals surface area contributed by atoms with Crippen LogP contribution in [-0.2, 0) is 0 Å². The smallest absolute Gasteiger partial charge is 0.131 e. The minimum atomic E-state index is -0.179. The zero-order valence-corrected chi connectivity index (χ0v) is 7.77. The van der Waals surface area contributed by atoms with Gasteiger partial charge in [-0.25, -0.2) is 4.98 Å². The Labute approximate surface area is 78.0 Å². The number of aliphatic hydroxyl groups is 1. The highest BCUT2D eigenvalue weighted by Crippen LogP contribution is 2.20. The van der Waals surface area contributed by atoms with E-state index in [-0.39, 0.29) is 6.10 Å². The summed E-state index contributed by atoms with van der Waals surface area (Å²) in [6.45, 7) is 3.68. The molecule has 1 aliphatic heterocycles. The van der Waals surface area contributed by atoms with Crippen LogP contribution in [-0.4, -0.2) is 29.3 Å². The zero-order valence-electron chi connectivity index (χ0n) is 7.77. The van der Waals surface area contributed by atoms with E-state index in [0.29, 0.717) is 0 Å². The summed E-state index contributed by atoms with van der Waals surface area (Å²) in [7, 11) is 0. The fourth-order valence-electron chi connectivity index (χ4n) is 1.74. The minimum Gasteiger partial charge on any atom is -0.391 e. The monoisotopic (exact) mass is 178 g/mol. The molecule has 3 heteroatoms. The second-order valence-corrected chi connectivity index (χ2v) is 3.53. The predicted molar refractivity (Wildman–Crippen MR) is 51.8 cm³/mol. The van der Waals surface area contributed by atoms with Crippen LogP contribution in [0.5, 0.6) is 0 Å². The number of hydrogen-bond acceptors (Lipinski definition) is 3. The molecule has 0 aliphatic carbocycles. The number of hydrogen-bond donors (Lipinski definition) is 1. The fourth-order valence-corrected chi connectivity index (χ4v) is 1.74. The van der Waals surface area contributed by atoms with E-state index >= 15 is 0 Å². The largest absolute Gasteiger partial charge is 0.391 e. The maximum atomic E-state index is 9.38. The Hall–Kier alpha value is -1.09. The van der Waals surface area contributed by atoms with Gasteiger partial charge >= 0.3 is 0 Å². The minimum absolute atomic E-state index is 0.179. The van der Waals surface area contributed by atoms with Crippen molar-refractivity contribution in [1.82, 2.24) is 4.98 Å². The van der Waals surface area contributed by atoms with Crippen molar-refractivity contribution in [2.45, 2.75) is 19.4 Å². The molecule has 0 radical (unpaired) electrons. The van der Waals surface area contributed by atoms with Crippen LogP contribution < -0.4 is 4.90 Å². The van der Waals surface area contributed by atoms with Crippen LogP contribution in [0, 0.1) is 6.92 Å². The molecule has 2 rings (SSSR count). The number of rotatable bonds is 1. The van der Waals surface area contributed by atoms with Gasteiger partial charge in [0, 0.05) is 19.3 Å². The van der Waals surface area contributed by atoms with Gasteiger partial charge in [-0.05, 0) is 25.0 Å². The molecule has 1 aromatic heterocycles. The fraction of sp³-hybridized carbons (Fsp3) is 0.500. The Morgan fingerprint density at radius 2 is 2.46 bits per heavy atom. The molecule has 13 heavy (non-hydrogen) atoms. The van der Waals surface area contributed by atoms with Crippen LogP contribution in [0.1, 0.15) is 12.0 Å². The Kier molecular flexibility index (Phi) is 2.19. The molecule has 0 saturated carbocycles. The standard InChI is InChI=1S/C10H14N2O/c1-8-3-2-5-11-10(8)12-6-4-9(13)7-12/h2-3,5,9,13H,4,6-7H2,1H3/t9-/m1/s1. The number of aryl methyl sites for hydroxylation is 1. The van der Waals surface area contributed by atoms with E-state index in [1.807, 2.05) is 19.1 Å². The molecule has 3 nitrogen and oxygen atoms in total. The zero-order chi connectivity index (χ0) is 9.26. The van der Waals surface area contributed by atoms with E-state index in [1.54, 1.807) is 6.20 Å². The van der Waals surface area contributed by atoms with E-state index in [0.717, 1.165) is 25.3 Å². The SMILES string of the molecule is Cc1cccnc1N1CC[C@@H](O)C1. The summed E-state index contributed by atoms with van der Waals surface area (Å²) in [5, 5.41) is 9.38. The molecule has 0 spiro atoms. The number of β-amino-alcohol motifs (C(OH)–C–C–N with tert-alkyl or cyclic N) is 1. The second-order valence-electron chi connectivity index (χ2n) is 3.53. The molecular weight excluding hydrogens is 164 g/mol. The molecule has 1 aromatic rings. The van der Waals surface area contributed by atoms with Crippen LogP contribution in [0.15, 0.2) is 18.3 Å². The van der Waals surface area contributed by atoms with Crippen LogP contribution in [0.25, 0.3) is 0 Å². The van der Waals surface area contributed by atoms with E-state index in [1.165, 1.54) is 5.56 Å². The predicted octanol–water partition coefficient (Wildman–Crippen LogP) is 0.961. The molecule has 2 heterocycles. The summed E-state index contributed by atoms with van der Waals surface area (Å²) in [6, 6.07) is 3.98. The summed E-state index contributed by atoms with van der Waals surface area (Å²) in [4.78, 5) is 6.45. The topological polar surface area (TPSA) is 36.4 Å². The highest BCUT2D eigenvalue weighted by atomic mass is 16.3. The summed E-state index contributed by atoms with van der Waals surface area (Å²) >= 11 is 0. The molecule has 1 aliphatic rings. The summed E-state index contributed by atoms with van der Waals surface area (Å²) in [5.41, 5.74) is 1.18. The lowest BCUT2D eigenvalue weighted by molar-refractivity contribution is 0.198. The van der Waals surface area contributed by atoms with E-state index in [4.69, 9.17) is 0 Å². The average molecular weight is 178 g/mol. The Morgan fingerprint density at radius 3 is 3.08 bits per heavy atom. The van der Waals surface area contributed by atoms with Crippen molar-refractivity contribution >= 4 is 5.82 Å². The van der Waals surface area contributed by atoms with Gasteiger partial charge in [-0.1, -0.05) is 6.07 Å². The highest BCUT2D eigenvalue weighted by molar-refractivity contribution is 5.46. The molecule has 0 amide bonds. The van der Waals surface area contributed by atoms with Crippen molar-refractivity contribution in [2.75, 3.05) is 18.0 Å². The van der Waals surface area contributed by atoms with Gasteiger partial charge in [-0.15, -0.1) is 0 Å². The molecule has 0 aromatic carbocycles. The third-order valence-corrected chi connectivity index (χ3v) is 2.44. The van der Waals surface area contributed by atoms with Crippen molar-refractivity contribution < 1.29 is 5.11 Å². The number of aromatic nitrogens is 1. The van der Waals surface area contributed by atoms with Crippen molar-refractivity contribution in [2.24, 2.45) is 0 Å². The van der Waals surface area contributed by atoms with Crippen LogP contribution in [0.3, 0.4) is 0 Å². The van der Waals surface area contributed by atoms with Gasteiger partial charge in [-0.2, -0.15) is 0 Å². The molecular formula is C10H14N2O. The maximum Gasteiger partial charge on any atom is 0.131 e. The molecule has 1 N–H and O–H groups in total. The second kappa shape index (κ2) is 3.34. The normalized spacial score (nSPS) is 22.3. The van der Waals surface area contributed by atoms with Gasteiger partial charge in [0.2, 0.25) is 0 Å². The highest BCUT2D eigenvalue weighted by Gasteiger charge is 2.21. The first-order valence-electron chi connectivity index (χ1n) is 4.62. The van der Waals surface area contributed by atoms with Gasteiger partial charge in [0.15, 0.2) is 0 Å². The Balaban J connectivity index is 2.21. The van der Waals surface area contributed by atoms with Gasteiger partial charge in [0.25, 0.3) is 0 Å². The Bertz CT molecular complexity index is 301. The van der Waals surface area contributed by atoms with Crippen molar-refractivity contribution in [3.8, 4) is 0 Å². The summed E-state index contributed by atoms with van der Waals surface area (Å²) in [5.74, 6) is 1.01. The lowest BCUT2D eigenvalue weighted by Gasteiger charge is -2.18. The third-order valence-electron chi connectivity index (χ3n) is 2.44. The molecule has 0 bridgehead atoms. The summed E-state index contributed by atoms with van der Waals surface area (Å²) in [6.07, 6.45) is 2.48. The maximum absolute atomic E-state index is 9.38. The quantitative estimate of drug-likeness (QED) is 0.696. The first-order valence-corrected chi connectivity index (χ1v) is 4.62. The lowest BCUT2D eigenvalue weighted by atomic mass is 10.3. The Morgan fingerprint density at radius 1 is 1.62 bits per heavy atom. The van der Waals surface area contributed by atoms with E-state index < -0.39 is 0 Å². The molecule has 1 fully saturated rings. The van der Waals surface area contributed by atoms with Crippen molar-refractivity contribution in [3.05, 3.63) is 23.9 Å². The number of anilines is 1. The third kappa shape index (κ3) is 1.65. The van der Waals surface area contributed by atoms with Gasteiger partial charge in [-0.3, -0.25) is 0 Å². The lowest BCUT2D eigenvalue weighted by Crippen LogP contribution is -2.22. The van der Waals surface area contributed by atoms with Gasteiger partial charge < -0.3 is 10.0 Å². The number of nitrogens with zero attached hydrogens (tertiary/aromatic N) is 2. The van der Waals surface area contributed by atoms with Crippen molar-refractivity contribution in [1.29, 1.82) is 0 Å². The first-order chi connectivity index (χ1) is 6.27. The molecule has 70 valence electrons. The first kappa shape index (κ1) is 8.51. The number of pyridine rings is 1. The molecule has 1 atom stereocenters. The van der Waals surface area contributed by atoms with Gasteiger partial charge in [0.05, 0.1) is 6.10 Å². The van der Waals surface area contributed by atoms with Crippen molar-refractivity contribution in [3.63, 3.8) is 0 Å². The van der Waals surface area contributed by atoms with E-state index in [9.17, 15) is 5.11 Å². The van der Waals surface area contributed by atoms with E-state index in [2.05, 4.69) is 9.88 Å². The van der Waals surface area contributed by atoms with Gasteiger partial charge in [0.1, 0.15) is 5.82 Å². The average Bonchev–Trinajstić information content (AvgIpc) is 2.53. The van der Waals surface area contributed by atoms with Crippen LogP contribution in [0.2, 0.25) is 0 Å². The van der Waals surface area contributed by atoms with Crippen LogP contribution >= 0.6 is 0 Å². The summed E-state index contributed by atoms with van der Waals surface area (Å²) < 4.78 is 0. The van der Waals surface area contributed by atoms with Crippen LogP contribution in [0.4, 0.5) is 5.82 Å². The molecule has 0 unspecified atom stereocenters. The number of aliphatic hydroxyl groups excluding tert-OH is 1.